The van der Waals surface area contributed by atoms with E-state index in [1.807, 2.05) is 0 Å². The van der Waals surface area contributed by atoms with Crippen molar-refractivity contribution in [3.05, 3.63) is 59.4 Å². The number of hydrogen-bond donors (Lipinski definition) is 1. The maximum Gasteiger partial charge on any atom is 0.419 e. The van der Waals surface area contributed by atoms with Crippen molar-refractivity contribution < 1.29 is 17.9 Å². The first-order chi connectivity index (χ1) is 9.88. The molecule has 0 fully saturated rings. The van der Waals surface area contributed by atoms with Gasteiger partial charge in [-0.25, -0.2) is 0 Å². The Labute approximate surface area is 120 Å². The molecule has 6 heteroatoms. The minimum atomic E-state index is -4.49. The molecule has 3 nitrogen and oxygen atoms in total. The van der Waals surface area contributed by atoms with Gasteiger partial charge in [0.05, 0.1) is 5.56 Å². The van der Waals surface area contributed by atoms with Gasteiger partial charge in [0.2, 0.25) is 0 Å². The van der Waals surface area contributed by atoms with Gasteiger partial charge in [-0.1, -0.05) is 6.07 Å². The second kappa shape index (κ2) is 6.13. The average molecular weight is 296 g/mol. The number of nitrogens with zero attached hydrogens (tertiary/aromatic N) is 1. The molecule has 112 valence electrons. The zero-order valence-corrected chi connectivity index (χ0v) is 11.4. The number of aromatic nitrogens is 1. The first-order valence-corrected chi connectivity index (χ1v) is 6.36. The summed E-state index contributed by atoms with van der Waals surface area (Å²) in [5.74, 6) is -0.205. The van der Waals surface area contributed by atoms with Gasteiger partial charge in [-0.15, -0.1) is 0 Å². The van der Waals surface area contributed by atoms with Gasteiger partial charge < -0.3 is 10.5 Å². The van der Waals surface area contributed by atoms with E-state index in [-0.39, 0.29) is 12.4 Å². The molecule has 0 aliphatic rings. The molecule has 1 aromatic heterocycles. The van der Waals surface area contributed by atoms with Crippen LogP contribution < -0.4 is 10.5 Å². The van der Waals surface area contributed by atoms with E-state index in [9.17, 15) is 13.2 Å². The van der Waals surface area contributed by atoms with Gasteiger partial charge in [0, 0.05) is 18.4 Å². The molecule has 2 rings (SSSR count). The van der Waals surface area contributed by atoms with E-state index >= 15 is 0 Å². The Hall–Kier alpha value is -2.08. The topological polar surface area (TPSA) is 48.1 Å². The first-order valence-electron chi connectivity index (χ1n) is 6.36. The van der Waals surface area contributed by atoms with Crippen LogP contribution in [0.4, 0.5) is 13.2 Å². The summed E-state index contributed by atoms with van der Waals surface area (Å²) in [6.07, 6.45) is -1.37. The van der Waals surface area contributed by atoms with Crippen LogP contribution in [0.2, 0.25) is 0 Å². The maximum atomic E-state index is 13.1. The highest BCUT2D eigenvalue weighted by Crippen LogP contribution is 2.37. The Morgan fingerprint density at radius 1 is 1.19 bits per heavy atom. The molecule has 0 saturated heterocycles. The van der Waals surface area contributed by atoms with Crippen molar-refractivity contribution in [2.24, 2.45) is 5.73 Å². The highest BCUT2D eigenvalue weighted by atomic mass is 19.4. The lowest BCUT2D eigenvalue weighted by Gasteiger charge is -2.16. The van der Waals surface area contributed by atoms with Crippen molar-refractivity contribution in [3.8, 4) is 5.75 Å². The fourth-order valence-corrected chi connectivity index (χ4v) is 1.82. The predicted molar refractivity (Wildman–Crippen MR) is 72.6 cm³/mol. The molecule has 1 atom stereocenters. The fourth-order valence-electron chi connectivity index (χ4n) is 1.82. The van der Waals surface area contributed by atoms with Crippen molar-refractivity contribution in [3.63, 3.8) is 0 Å². The number of nitrogens with two attached hydrogens (primary N) is 1. The lowest BCUT2D eigenvalue weighted by atomic mass is 10.0. The monoisotopic (exact) mass is 296 g/mol. The van der Waals surface area contributed by atoms with Crippen molar-refractivity contribution in [1.29, 1.82) is 0 Å². The van der Waals surface area contributed by atoms with Gasteiger partial charge in [-0.05, 0) is 42.3 Å². The van der Waals surface area contributed by atoms with Crippen LogP contribution in [0.1, 0.15) is 29.7 Å². The number of hydrogen-bond acceptors (Lipinski definition) is 3. The van der Waals surface area contributed by atoms with Gasteiger partial charge >= 0.3 is 6.18 Å². The number of pyridine rings is 1. The summed E-state index contributed by atoms with van der Waals surface area (Å²) in [5, 5.41) is 0. The Bertz CT molecular complexity index is 598. The molecule has 21 heavy (non-hydrogen) atoms. The molecule has 0 aliphatic heterocycles. The lowest BCUT2D eigenvalue weighted by molar-refractivity contribution is -0.139. The third-order valence-corrected chi connectivity index (χ3v) is 2.98. The van der Waals surface area contributed by atoms with Gasteiger partial charge in [-0.2, -0.15) is 13.2 Å². The van der Waals surface area contributed by atoms with E-state index in [1.165, 1.54) is 6.07 Å². The molecule has 0 bridgehead atoms. The highest BCUT2D eigenvalue weighted by molar-refractivity contribution is 5.40. The zero-order chi connectivity index (χ0) is 15.5. The molecule has 0 aliphatic carbocycles. The molecule has 1 unspecified atom stereocenters. The second-order valence-corrected chi connectivity index (χ2v) is 4.69. The van der Waals surface area contributed by atoms with E-state index in [1.54, 1.807) is 37.5 Å². The Balaban J connectivity index is 2.26. The standard InChI is InChI=1S/C15H15F3N2O/c1-10(19)12-2-3-14(13(8-12)15(16,17)18)21-9-11-4-6-20-7-5-11/h2-8,10H,9,19H2,1H3. The minimum absolute atomic E-state index is 0.0448. The first kappa shape index (κ1) is 15.3. The normalized spacial score (nSPS) is 13.0. The summed E-state index contributed by atoms with van der Waals surface area (Å²) in [6, 6.07) is 6.78. The summed E-state index contributed by atoms with van der Waals surface area (Å²) < 4.78 is 44.6. The number of alkyl halides is 3. The molecule has 0 saturated carbocycles. The van der Waals surface area contributed by atoms with Crippen LogP contribution in [0.15, 0.2) is 42.7 Å². The van der Waals surface area contributed by atoms with E-state index in [4.69, 9.17) is 10.5 Å². The Kier molecular flexibility index (Phi) is 4.47. The third kappa shape index (κ3) is 3.95. The van der Waals surface area contributed by atoms with Crippen molar-refractivity contribution in [1.82, 2.24) is 4.98 Å². The number of rotatable bonds is 4. The van der Waals surface area contributed by atoms with E-state index < -0.39 is 17.8 Å². The molecule has 2 N–H and O–H groups in total. The second-order valence-electron chi connectivity index (χ2n) is 4.69. The van der Waals surface area contributed by atoms with Crippen LogP contribution in [0, 0.1) is 0 Å². The lowest BCUT2D eigenvalue weighted by Crippen LogP contribution is -2.12. The Morgan fingerprint density at radius 2 is 1.86 bits per heavy atom. The largest absolute Gasteiger partial charge is 0.488 e. The Morgan fingerprint density at radius 3 is 2.43 bits per heavy atom. The van der Waals surface area contributed by atoms with Crippen molar-refractivity contribution in [2.45, 2.75) is 25.7 Å². The minimum Gasteiger partial charge on any atom is -0.488 e. The van der Waals surface area contributed by atoms with Gasteiger partial charge in [0.25, 0.3) is 0 Å². The number of ether oxygens (including phenoxy) is 1. The predicted octanol–water partition coefficient (Wildman–Crippen LogP) is 3.70. The van der Waals surface area contributed by atoms with Gasteiger partial charge in [0.15, 0.2) is 0 Å². The third-order valence-electron chi connectivity index (χ3n) is 2.98. The molecule has 1 aromatic carbocycles. The SMILES string of the molecule is CC(N)c1ccc(OCc2ccncc2)c(C(F)(F)F)c1. The number of benzene rings is 1. The molecular formula is C15H15F3N2O. The summed E-state index contributed by atoms with van der Waals surface area (Å²) in [4.78, 5) is 3.84. The summed E-state index contributed by atoms with van der Waals surface area (Å²) in [5.41, 5.74) is 5.97. The van der Waals surface area contributed by atoms with Crippen LogP contribution in [0.25, 0.3) is 0 Å². The summed E-state index contributed by atoms with van der Waals surface area (Å²) >= 11 is 0. The van der Waals surface area contributed by atoms with E-state index in [0.29, 0.717) is 5.56 Å². The molecule has 0 amide bonds. The van der Waals surface area contributed by atoms with Gasteiger partial charge in [0.1, 0.15) is 12.4 Å². The maximum absolute atomic E-state index is 13.1. The van der Waals surface area contributed by atoms with Crippen LogP contribution in [-0.2, 0) is 12.8 Å². The van der Waals surface area contributed by atoms with Crippen molar-refractivity contribution >= 4 is 0 Å². The molecule has 2 aromatic rings. The summed E-state index contributed by atoms with van der Waals surface area (Å²) in [6.45, 7) is 1.68. The van der Waals surface area contributed by atoms with E-state index in [0.717, 1.165) is 11.6 Å². The quantitative estimate of drug-likeness (QED) is 0.936. The molecule has 1 heterocycles. The zero-order valence-electron chi connectivity index (χ0n) is 11.4. The highest BCUT2D eigenvalue weighted by Gasteiger charge is 2.34. The average Bonchev–Trinajstić information content (AvgIpc) is 2.45. The number of halogens is 3. The smallest absolute Gasteiger partial charge is 0.419 e. The molecule has 0 radical (unpaired) electrons. The van der Waals surface area contributed by atoms with Gasteiger partial charge in [-0.3, -0.25) is 4.98 Å². The fraction of sp³-hybridized carbons (Fsp3) is 0.267. The molecular weight excluding hydrogens is 281 g/mol. The van der Waals surface area contributed by atoms with Crippen LogP contribution >= 0.6 is 0 Å². The van der Waals surface area contributed by atoms with E-state index in [2.05, 4.69) is 4.98 Å². The van der Waals surface area contributed by atoms with Crippen LogP contribution in [-0.4, -0.2) is 4.98 Å². The molecule has 0 spiro atoms. The summed E-state index contributed by atoms with van der Waals surface area (Å²) in [7, 11) is 0. The van der Waals surface area contributed by atoms with Crippen molar-refractivity contribution in [2.75, 3.05) is 0 Å². The van der Waals surface area contributed by atoms with Crippen LogP contribution in [0.5, 0.6) is 5.75 Å². The van der Waals surface area contributed by atoms with Crippen LogP contribution in [0.3, 0.4) is 0 Å².